The molecule has 13 rings (SSSR count). The molecule has 8 heteroatoms. The summed E-state index contributed by atoms with van der Waals surface area (Å²) in [5, 5.41) is 0. The number of hydrogen-bond acceptors (Lipinski definition) is 4. The van der Waals surface area contributed by atoms with E-state index < -0.39 is 0 Å². The minimum atomic E-state index is 0. The van der Waals surface area contributed by atoms with Crippen LogP contribution in [0, 0.1) is 23.7 Å². The molecule has 2 spiro atoms. The quantitative estimate of drug-likeness (QED) is 0.184. The number of para-hydroxylation sites is 2. The summed E-state index contributed by atoms with van der Waals surface area (Å²) in [4.78, 5) is 5.91. The number of anilines is 2. The maximum absolute atomic E-state index is 7.41. The summed E-state index contributed by atoms with van der Waals surface area (Å²) in [6, 6.07) is 21.5. The average Bonchev–Trinajstić information content (AvgIpc) is 3.70. The predicted molar refractivity (Wildman–Crippen MR) is 171 cm³/mol. The summed E-state index contributed by atoms with van der Waals surface area (Å²) < 4.78 is 17.1. The van der Waals surface area contributed by atoms with Crippen molar-refractivity contribution in [1.29, 1.82) is 0 Å². The minimum Gasteiger partial charge on any atom is -1.00 e. The molecule has 5 saturated heterocycles. The molecular weight excluding hydrogens is 810 g/mol. The van der Waals surface area contributed by atoms with Crippen LogP contribution in [0.2, 0.25) is 0 Å². The van der Waals surface area contributed by atoms with Gasteiger partial charge in [-0.1, -0.05) is 42.5 Å². The molecule has 9 heterocycles. The van der Waals surface area contributed by atoms with Crippen LogP contribution in [0.1, 0.15) is 36.8 Å². The fourth-order valence-corrected chi connectivity index (χ4v) is 15.5. The fraction of sp³-hybridized carbons (Fsp3) is 0.590. The Morgan fingerprint density at radius 1 is 0.702 bits per heavy atom. The standard InChI is InChI=1S/C39H44N4O2.2HI/c1-42-14-12-38-27-8-4-6-10-29(27)41-34(38)32-24(17-30(38)42)22(19-42)11-16-44-36(32)40-28-9-5-3-7-26(28)39-13-15-43(2)20-23-21-45-37(41)33(35(39)40)25(23)18-31(39)43;;/h3-11,21,24-25,30-37H,12-20H2,1-2H3;2*1H/q+2;;/p-2/t24-,25-,30-,31-,32+,33+,34-,35-,36+,37+,38+,39+,42?,43?;;/m0../s1. The van der Waals surface area contributed by atoms with Crippen LogP contribution in [-0.4, -0.2) is 92.5 Å². The number of halogens is 2. The highest BCUT2D eigenvalue weighted by atomic mass is 127. The predicted octanol–water partition coefficient (Wildman–Crippen LogP) is -1.48. The van der Waals surface area contributed by atoms with Crippen molar-refractivity contribution in [1.82, 2.24) is 0 Å². The molecule has 47 heavy (non-hydrogen) atoms. The van der Waals surface area contributed by atoms with Gasteiger partial charge in [-0.15, -0.1) is 0 Å². The van der Waals surface area contributed by atoms with Gasteiger partial charge in [0.05, 0.1) is 63.0 Å². The molecule has 4 bridgehead atoms. The van der Waals surface area contributed by atoms with Crippen LogP contribution in [0.3, 0.4) is 0 Å². The molecule has 2 aliphatic carbocycles. The van der Waals surface area contributed by atoms with Gasteiger partial charge in [0.15, 0.2) is 6.23 Å². The summed E-state index contributed by atoms with van der Waals surface area (Å²) in [6.45, 7) is 5.67. The smallest absolute Gasteiger partial charge is 0.177 e. The Hall–Kier alpha value is -1.34. The Balaban J connectivity index is 0.00000135. The van der Waals surface area contributed by atoms with E-state index in [-0.39, 0.29) is 71.2 Å². The molecule has 2 aromatic carbocycles. The maximum Gasteiger partial charge on any atom is 0.177 e. The van der Waals surface area contributed by atoms with Crippen LogP contribution in [-0.2, 0) is 20.3 Å². The summed E-state index contributed by atoms with van der Waals surface area (Å²) in [5.41, 5.74) is 9.84. The molecule has 14 atom stereocenters. The van der Waals surface area contributed by atoms with Crippen molar-refractivity contribution in [3.8, 4) is 0 Å². The lowest BCUT2D eigenvalue weighted by Crippen LogP contribution is -3.00. The van der Waals surface area contributed by atoms with Gasteiger partial charge in [0.1, 0.15) is 31.4 Å². The van der Waals surface area contributed by atoms with Gasteiger partial charge in [-0.3, -0.25) is 0 Å². The number of piperidine rings is 2. The third kappa shape index (κ3) is 2.89. The van der Waals surface area contributed by atoms with Crippen LogP contribution >= 0.6 is 0 Å². The van der Waals surface area contributed by atoms with Crippen molar-refractivity contribution in [3.63, 3.8) is 0 Å². The van der Waals surface area contributed by atoms with E-state index in [1.54, 1.807) is 22.3 Å². The summed E-state index contributed by atoms with van der Waals surface area (Å²) in [7, 11) is 5.17. The second-order valence-corrected chi connectivity index (χ2v) is 17.6. The molecule has 0 amide bonds. The molecule has 0 aromatic heterocycles. The van der Waals surface area contributed by atoms with E-state index in [2.05, 4.69) is 84.8 Å². The molecule has 0 N–H and O–H groups in total. The first-order chi connectivity index (χ1) is 22.0. The SMILES string of the molecule is C[N+]12CC[C@@]34c5ccccc5N5[C@@H]6OC=C7C[N+]8(C)CC[C@]9%10c%11ccccc%11N([C@@H]%11OCC=C(C1)[C@H](C[C@@H]32)[C@@H]%11[C@H]54)[C@H]9[C@H]6[C@H]7C[C@@H]%108.[I-].[I-]. The van der Waals surface area contributed by atoms with E-state index in [4.69, 9.17) is 9.47 Å². The molecule has 2 unspecified atom stereocenters. The Morgan fingerprint density at radius 3 is 1.87 bits per heavy atom. The molecule has 2 saturated carbocycles. The molecule has 9 aliphatic heterocycles. The van der Waals surface area contributed by atoms with E-state index in [0.717, 1.165) is 13.2 Å². The largest absolute Gasteiger partial charge is 1.00 e. The van der Waals surface area contributed by atoms with Gasteiger partial charge in [-0.2, -0.15) is 0 Å². The Morgan fingerprint density at radius 2 is 1.23 bits per heavy atom. The van der Waals surface area contributed by atoms with Crippen molar-refractivity contribution in [2.45, 2.75) is 73.1 Å². The van der Waals surface area contributed by atoms with E-state index >= 15 is 0 Å². The lowest BCUT2D eigenvalue weighted by atomic mass is 9.52. The second-order valence-electron chi connectivity index (χ2n) is 17.6. The number of nitrogens with zero attached hydrogens (tertiary/aromatic N) is 4. The van der Waals surface area contributed by atoms with Crippen molar-refractivity contribution in [2.24, 2.45) is 23.7 Å². The summed E-state index contributed by atoms with van der Waals surface area (Å²) in [6.07, 6.45) is 10.2. The van der Waals surface area contributed by atoms with Gasteiger partial charge in [0.25, 0.3) is 0 Å². The number of quaternary nitrogens is 2. The minimum absolute atomic E-state index is 0. The first kappa shape index (κ1) is 29.4. The van der Waals surface area contributed by atoms with Gasteiger partial charge >= 0.3 is 0 Å². The average molecular weight is 855 g/mol. The van der Waals surface area contributed by atoms with E-state index in [0.29, 0.717) is 47.8 Å². The molecule has 0 radical (unpaired) electrons. The zero-order valence-electron chi connectivity index (χ0n) is 27.3. The molecule has 246 valence electrons. The van der Waals surface area contributed by atoms with Gasteiger partial charge in [0, 0.05) is 66.3 Å². The lowest BCUT2D eigenvalue weighted by molar-refractivity contribution is -0.925. The topological polar surface area (TPSA) is 24.9 Å². The fourth-order valence-electron chi connectivity index (χ4n) is 15.5. The highest BCUT2D eigenvalue weighted by molar-refractivity contribution is 5.72. The molecule has 11 aliphatic rings. The second kappa shape index (κ2) is 8.93. The van der Waals surface area contributed by atoms with Gasteiger partial charge in [0.2, 0.25) is 0 Å². The summed E-state index contributed by atoms with van der Waals surface area (Å²) >= 11 is 0. The van der Waals surface area contributed by atoms with Gasteiger partial charge in [-0.25, -0.2) is 0 Å². The van der Waals surface area contributed by atoms with Crippen LogP contribution < -0.4 is 57.8 Å². The lowest BCUT2D eigenvalue weighted by Gasteiger charge is -2.66. The van der Waals surface area contributed by atoms with Gasteiger partial charge < -0.3 is 76.2 Å². The van der Waals surface area contributed by atoms with Crippen molar-refractivity contribution in [2.75, 3.05) is 56.7 Å². The normalized spacial score (nSPS) is 51.5. The third-order valence-corrected chi connectivity index (χ3v) is 16.6. The van der Waals surface area contributed by atoms with Crippen LogP contribution in [0.5, 0.6) is 0 Å². The monoisotopic (exact) mass is 854 g/mol. The van der Waals surface area contributed by atoms with E-state index in [9.17, 15) is 0 Å². The number of hydrogen-bond donors (Lipinski definition) is 0. The van der Waals surface area contributed by atoms with Crippen LogP contribution in [0.25, 0.3) is 0 Å². The number of benzene rings is 2. The van der Waals surface area contributed by atoms with E-state index in [1.807, 2.05) is 0 Å². The maximum atomic E-state index is 7.41. The van der Waals surface area contributed by atoms with Crippen molar-refractivity contribution < 1.29 is 66.4 Å². The molecule has 2 aromatic rings. The third-order valence-electron chi connectivity index (χ3n) is 16.6. The molecule has 6 nitrogen and oxygen atoms in total. The number of rotatable bonds is 0. The van der Waals surface area contributed by atoms with Crippen LogP contribution in [0.15, 0.2) is 72.0 Å². The van der Waals surface area contributed by atoms with Crippen LogP contribution in [0.4, 0.5) is 11.4 Å². The van der Waals surface area contributed by atoms with Crippen molar-refractivity contribution in [3.05, 3.63) is 83.1 Å². The molecule has 7 fully saturated rings. The molecular formula is C39H44I2N4O2. The number of fused-ring (bicyclic) bond motifs is 6. The highest BCUT2D eigenvalue weighted by Gasteiger charge is 2.80. The van der Waals surface area contributed by atoms with Crippen molar-refractivity contribution >= 4 is 11.4 Å². The zero-order chi connectivity index (χ0) is 29.2. The first-order valence-corrected chi connectivity index (χ1v) is 18.1. The summed E-state index contributed by atoms with van der Waals surface area (Å²) in [5.74, 6) is 1.99. The first-order valence-electron chi connectivity index (χ1n) is 18.1. The number of likely N-dealkylation sites (N-methyl/N-ethyl adjacent to an activating group) is 2. The number of ether oxygens (including phenoxy) is 2. The zero-order valence-corrected chi connectivity index (χ0v) is 31.6. The Bertz CT molecular complexity index is 1830. The van der Waals surface area contributed by atoms with Gasteiger partial charge in [-0.05, 0) is 28.8 Å². The Labute approximate surface area is 312 Å². The highest BCUT2D eigenvalue weighted by Crippen LogP contribution is 2.72. The Kier molecular flexibility index (Phi) is 5.58. The van der Waals surface area contributed by atoms with E-state index in [1.165, 1.54) is 65.7 Å².